The average molecular weight is 533 g/mol. The molecule has 3 aromatic carbocycles. The van der Waals surface area contributed by atoms with Gasteiger partial charge in [0.1, 0.15) is 17.5 Å². The molecule has 0 unspecified atom stereocenters. The Balaban J connectivity index is 0.000000195. The first kappa shape index (κ1) is 26.2. The summed E-state index contributed by atoms with van der Waals surface area (Å²) in [6.45, 7) is 1.99. The highest BCUT2D eigenvalue weighted by molar-refractivity contribution is 7.87. The summed E-state index contributed by atoms with van der Waals surface area (Å²) < 4.78 is 63.1. The summed E-state index contributed by atoms with van der Waals surface area (Å²) in [4.78, 5) is 47.2. The van der Waals surface area contributed by atoms with Gasteiger partial charge in [0.25, 0.3) is 11.8 Å². The van der Waals surface area contributed by atoms with Gasteiger partial charge in [-0.05, 0) is 30.0 Å². The van der Waals surface area contributed by atoms with Crippen LogP contribution in [-0.4, -0.2) is 42.4 Å². The summed E-state index contributed by atoms with van der Waals surface area (Å²) in [6, 6.07) is 16.3. The van der Waals surface area contributed by atoms with Gasteiger partial charge in [0, 0.05) is 18.2 Å². The van der Waals surface area contributed by atoms with E-state index >= 15 is 0 Å². The molecule has 12 heteroatoms. The molecule has 1 saturated carbocycles. The number of aryl methyl sites for hydroxylation is 1. The van der Waals surface area contributed by atoms with E-state index in [1.54, 1.807) is 12.1 Å². The molecule has 1 fully saturated rings. The fraction of sp³-hybridized carbons (Fsp3) is 0.200. The third-order valence-electron chi connectivity index (χ3n) is 5.86. The molecule has 8 nitrogen and oxygen atoms in total. The normalized spacial score (nSPS) is 16.3. The monoisotopic (exact) mass is 533 g/mol. The van der Waals surface area contributed by atoms with E-state index in [9.17, 15) is 40.8 Å². The van der Waals surface area contributed by atoms with Gasteiger partial charge in [-0.15, -0.1) is 9.35 Å². The number of hydrogen-bond acceptors (Lipinski definition) is 7. The molecule has 1 heterocycles. The number of ketones is 2. The zero-order valence-electron chi connectivity index (χ0n) is 19.1. The molecule has 5 rings (SSSR count). The molecule has 192 valence electrons. The Labute approximate surface area is 208 Å². The molecule has 0 atom stereocenters. The molecule has 2 amide bonds. The van der Waals surface area contributed by atoms with Gasteiger partial charge >= 0.3 is 15.6 Å². The van der Waals surface area contributed by atoms with Crippen molar-refractivity contribution in [2.24, 2.45) is 0 Å². The van der Waals surface area contributed by atoms with E-state index in [4.69, 9.17) is 0 Å². The van der Waals surface area contributed by atoms with Crippen LogP contribution in [0.25, 0.3) is 10.8 Å². The predicted octanol–water partition coefficient (Wildman–Crippen LogP) is 4.23. The van der Waals surface area contributed by atoms with Crippen molar-refractivity contribution in [1.82, 2.24) is 5.06 Å². The van der Waals surface area contributed by atoms with Crippen LogP contribution in [0.15, 0.2) is 60.7 Å². The minimum atomic E-state index is -6.15. The topological polar surface area (TPSA) is 115 Å². The number of hydrogen-bond donors (Lipinski definition) is 0. The van der Waals surface area contributed by atoms with E-state index in [0.29, 0.717) is 18.2 Å². The van der Waals surface area contributed by atoms with Gasteiger partial charge in [0.2, 0.25) is 0 Å². The molecule has 3 aromatic rings. The van der Waals surface area contributed by atoms with Crippen LogP contribution in [0, 0.1) is 6.92 Å². The fourth-order valence-electron chi connectivity index (χ4n) is 4.06. The summed E-state index contributed by atoms with van der Waals surface area (Å²) in [7, 11) is -6.15. The number of benzene rings is 3. The van der Waals surface area contributed by atoms with Gasteiger partial charge in [-0.3, -0.25) is 19.2 Å². The molecular formula is C25H18F3NO7S. The van der Waals surface area contributed by atoms with E-state index in [-0.39, 0.29) is 33.1 Å². The third-order valence-corrected chi connectivity index (χ3v) is 6.78. The predicted molar refractivity (Wildman–Crippen MR) is 124 cm³/mol. The first-order valence-corrected chi connectivity index (χ1v) is 12.3. The standard InChI is InChI=1S/C13H6F3NO5S.C12H12O2/c14-13(15,16)23(20,21)22-17-11(18)8-5-1-3-7-4-2-6-9(10(7)8)12(17)19;1-8-2-4-9(5-3-8)12-10(13)6-7-11(12)14/h1-6H;2-5,12H,6-7H2,1H3. The van der Waals surface area contributed by atoms with Crippen molar-refractivity contribution in [3.63, 3.8) is 0 Å². The second kappa shape index (κ2) is 9.52. The molecule has 1 aliphatic heterocycles. The molecule has 37 heavy (non-hydrogen) atoms. The lowest BCUT2D eigenvalue weighted by molar-refractivity contribution is -0.123. The van der Waals surface area contributed by atoms with E-state index < -0.39 is 33.4 Å². The van der Waals surface area contributed by atoms with Crippen LogP contribution in [0.5, 0.6) is 0 Å². The molecule has 1 aliphatic carbocycles. The van der Waals surface area contributed by atoms with Gasteiger partial charge < -0.3 is 0 Å². The maximum atomic E-state index is 12.4. The van der Waals surface area contributed by atoms with Crippen LogP contribution in [0.1, 0.15) is 50.6 Å². The number of carbonyl (C=O) groups excluding carboxylic acids is 4. The van der Waals surface area contributed by atoms with Gasteiger partial charge in [0.05, 0.1) is 11.1 Å². The Bertz CT molecular complexity index is 1480. The Kier molecular flexibility index (Phi) is 6.74. The van der Waals surface area contributed by atoms with Crippen molar-refractivity contribution >= 4 is 44.3 Å². The van der Waals surface area contributed by atoms with E-state index in [1.165, 1.54) is 24.3 Å². The van der Waals surface area contributed by atoms with Crippen LogP contribution in [0.4, 0.5) is 13.2 Å². The smallest absolute Gasteiger partial charge is 0.299 e. The SMILES string of the molecule is Cc1ccc(C2C(=O)CCC2=O)cc1.O=C1c2cccc3cccc(c23)C(=O)N1OS(=O)(=O)C(F)(F)F. The Morgan fingerprint density at radius 3 is 1.76 bits per heavy atom. The van der Waals surface area contributed by atoms with E-state index in [0.717, 1.165) is 11.1 Å². The van der Waals surface area contributed by atoms with Crippen LogP contribution >= 0.6 is 0 Å². The second-order valence-corrected chi connectivity index (χ2v) is 9.88. The molecular weight excluding hydrogens is 515 g/mol. The van der Waals surface area contributed by atoms with Crippen molar-refractivity contribution in [3.8, 4) is 0 Å². The van der Waals surface area contributed by atoms with E-state index in [1.807, 2.05) is 31.2 Å². The molecule has 0 radical (unpaired) electrons. The highest BCUT2D eigenvalue weighted by Crippen LogP contribution is 2.33. The number of carbonyl (C=O) groups is 4. The zero-order chi connectivity index (χ0) is 27.1. The molecule has 0 saturated heterocycles. The zero-order valence-corrected chi connectivity index (χ0v) is 19.9. The minimum Gasteiger partial charge on any atom is -0.299 e. The maximum Gasteiger partial charge on any atom is 0.525 e. The van der Waals surface area contributed by atoms with Gasteiger partial charge in [-0.2, -0.15) is 21.6 Å². The third kappa shape index (κ3) is 4.89. The fourth-order valence-corrected chi connectivity index (χ4v) is 4.48. The highest BCUT2D eigenvalue weighted by atomic mass is 32.2. The number of amides is 2. The van der Waals surface area contributed by atoms with Gasteiger partial charge in [-0.1, -0.05) is 54.1 Å². The van der Waals surface area contributed by atoms with Gasteiger partial charge in [-0.25, -0.2) is 0 Å². The minimum absolute atomic E-state index is 0.0684. The average Bonchev–Trinajstić information content (AvgIpc) is 3.18. The number of halogens is 3. The van der Waals surface area contributed by atoms with Crippen molar-refractivity contribution < 1.29 is 45.1 Å². The maximum absolute atomic E-state index is 12.4. The van der Waals surface area contributed by atoms with Crippen molar-refractivity contribution in [3.05, 3.63) is 82.9 Å². The first-order chi connectivity index (χ1) is 17.3. The van der Waals surface area contributed by atoms with Crippen LogP contribution < -0.4 is 0 Å². The number of hydroxylamine groups is 2. The summed E-state index contributed by atoms with van der Waals surface area (Å²) in [5.41, 5.74) is -4.03. The lowest BCUT2D eigenvalue weighted by atomic mass is 9.95. The number of imide groups is 1. The largest absolute Gasteiger partial charge is 0.525 e. The Morgan fingerprint density at radius 2 is 1.30 bits per heavy atom. The summed E-state index contributed by atoms with van der Waals surface area (Å²) >= 11 is 0. The van der Waals surface area contributed by atoms with Crippen molar-refractivity contribution in [1.29, 1.82) is 0 Å². The number of Topliss-reactive ketones (excluding diaryl/α,β-unsaturated/α-hetero) is 2. The molecule has 0 spiro atoms. The molecule has 2 aliphatic rings. The lowest BCUT2D eigenvalue weighted by Crippen LogP contribution is -2.44. The number of rotatable bonds is 3. The number of alkyl halides is 3. The first-order valence-electron chi connectivity index (χ1n) is 10.8. The molecule has 0 bridgehead atoms. The van der Waals surface area contributed by atoms with Crippen LogP contribution in [0.3, 0.4) is 0 Å². The Hall–Kier alpha value is -3.90. The van der Waals surface area contributed by atoms with Crippen molar-refractivity contribution in [2.45, 2.75) is 31.2 Å². The lowest BCUT2D eigenvalue weighted by Gasteiger charge is -2.25. The van der Waals surface area contributed by atoms with E-state index in [2.05, 4.69) is 4.28 Å². The van der Waals surface area contributed by atoms with Crippen LogP contribution in [-0.2, 0) is 24.0 Å². The highest BCUT2D eigenvalue weighted by Gasteiger charge is 2.51. The second-order valence-electron chi connectivity index (χ2n) is 8.36. The quantitative estimate of drug-likeness (QED) is 0.281. The van der Waals surface area contributed by atoms with Gasteiger partial charge in [0.15, 0.2) is 0 Å². The summed E-state index contributed by atoms with van der Waals surface area (Å²) in [6.07, 6.45) is 0.828. The Morgan fingerprint density at radius 1 is 0.811 bits per heavy atom. The summed E-state index contributed by atoms with van der Waals surface area (Å²) in [5, 5.41) is 0.356. The van der Waals surface area contributed by atoms with Crippen LogP contribution in [0.2, 0.25) is 0 Å². The summed E-state index contributed by atoms with van der Waals surface area (Å²) in [5.74, 6) is -2.91. The molecule has 0 aromatic heterocycles. The number of nitrogens with zero attached hydrogens (tertiary/aromatic N) is 1. The van der Waals surface area contributed by atoms with Crippen molar-refractivity contribution in [2.75, 3.05) is 0 Å². The molecule has 0 N–H and O–H groups in total.